The van der Waals surface area contributed by atoms with Crippen LogP contribution in [0.3, 0.4) is 0 Å². The fourth-order valence-electron chi connectivity index (χ4n) is 2.89. The molecule has 186 valence electrons. The minimum Gasteiger partial charge on any atom is -0.466 e. The number of nitrogens with zero attached hydrogens (tertiary/aromatic N) is 1. The van der Waals surface area contributed by atoms with E-state index in [2.05, 4.69) is 5.32 Å². The smallest absolute Gasteiger partial charge is 0.408 e. The van der Waals surface area contributed by atoms with Gasteiger partial charge in [0.25, 0.3) is 0 Å². The van der Waals surface area contributed by atoms with Crippen molar-refractivity contribution in [1.82, 2.24) is 10.2 Å². The Hall–Kier alpha value is -2.65. The Morgan fingerprint density at radius 1 is 1.06 bits per heavy atom. The number of rotatable bonds is 13. The van der Waals surface area contributed by atoms with Crippen LogP contribution in [-0.2, 0) is 35.1 Å². The quantitative estimate of drug-likeness (QED) is 0.270. The van der Waals surface area contributed by atoms with Gasteiger partial charge < -0.3 is 29.2 Å². The summed E-state index contributed by atoms with van der Waals surface area (Å²) in [6, 6.07) is 8.19. The van der Waals surface area contributed by atoms with Gasteiger partial charge >= 0.3 is 12.1 Å². The predicted octanol–water partition coefficient (Wildman–Crippen LogP) is 3.26. The summed E-state index contributed by atoms with van der Waals surface area (Å²) >= 11 is 0. The number of amides is 2. The third-order valence-electron chi connectivity index (χ3n) is 4.54. The molecule has 0 aliphatic rings. The lowest BCUT2D eigenvalue weighted by Gasteiger charge is -2.30. The molecule has 0 saturated carbocycles. The van der Waals surface area contributed by atoms with Crippen LogP contribution in [0.4, 0.5) is 4.79 Å². The first-order chi connectivity index (χ1) is 15.6. The second-order valence-corrected chi connectivity index (χ2v) is 8.58. The molecule has 1 aromatic rings. The molecule has 0 aromatic heterocycles. The van der Waals surface area contributed by atoms with Crippen molar-refractivity contribution < 1.29 is 33.3 Å². The molecule has 2 amide bonds. The number of alkyl carbamates (subject to hydrolysis) is 1. The highest BCUT2D eigenvalue weighted by molar-refractivity contribution is 5.89. The maximum Gasteiger partial charge on any atom is 0.408 e. The zero-order chi connectivity index (χ0) is 24.9. The van der Waals surface area contributed by atoms with E-state index in [1.807, 2.05) is 37.3 Å². The monoisotopic (exact) mass is 466 g/mol. The number of carbonyl (C=O) groups is 3. The minimum atomic E-state index is -1.17. The van der Waals surface area contributed by atoms with Crippen molar-refractivity contribution in [3.63, 3.8) is 0 Å². The molecule has 0 aliphatic carbocycles. The van der Waals surface area contributed by atoms with Gasteiger partial charge in [-0.2, -0.15) is 0 Å². The van der Waals surface area contributed by atoms with Gasteiger partial charge in [0.15, 0.2) is 6.29 Å². The number of hydrogen-bond acceptors (Lipinski definition) is 7. The topological polar surface area (TPSA) is 103 Å². The Bertz CT molecular complexity index is 730. The summed E-state index contributed by atoms with van der Waals surface area (Å²) in [4.78, 5) is 39.8. The lowest BCUT2D eigenvalue weighted by atomic mass is 10.1. The Kier molecular flexibility index (Phi) is 12.5. The standard InChI is InChI=1S/C24H38N2O7/c1-7-8-14-32-20(27)15-19(25-23(29)33-24(2,3)4)22(28)26(17-21(30-5)31-6)16-18-12-10-9-11-13-18/h9-13,19,21H,7-8,14-17H2,1-6H3,(H,25,29)/t19-/m1/s1. The summed E-state index contributed by atoms with van der Waals surface area (Å²) in [5.74, 6) is -1.05. The van der Waals surface area contributed by atoms with Crippen molar-refractivity contribution in [3.8, 4) is 0 Å². The largest absolute Gasteiger partial charge is 0.466 e. The molecule has 0 bridgehead atoms. The zero-order valence-corrected chi connectivity index (χ0v) is 20.6. The highest BCUT2D eigenvalue weighted by Gasteiger charge is 2.32. The number of benzene rings is 1. The molecule has 33 heavy (non-hydrogen) atoms. The summed E-state index contributed by atoms with van der Waals surface area (Å²) in [5, 5.41) is 2.54. The molecule has 0 saturated heterocycles. The minimum absolute atomic E-state index is 0.0953. The van der Waals surface area contributed by atoms with Crippen molar-refractivity contribution in [3.05, 3.63) is 35.9 Å². The normalized spacial score (nSPS) is 12.2. The second-order valence-electron chi connectivity index (χ2n) is 8.58. The van der Waals surface area contributed by atoms with Crippen LogP contribution >= 0.6 is 0 Å². The second kappa shape index (κ2) is 14.5. The molecule has 1 rings (SSSR count). The highest BCUT2D eigenvalue weighted by Crippen LogP contribution is 2.13. The average Bonchev–Trinajstić information content (AvgIpc) is 2.75. The summed E-state index contributed by atoms with van der Waals surface area (Å²) < 4.78 is 21.1. The molecule has 1 atom stereocenters. The lowest BCUT2D eigenvalue weighted by Crippen LogP contribution is -2.52. The molecule has 0 aliphatic heterocycles. The molecule has 0 unspecified atom stereocenters. The first kappa shape index (κ1) is 28.4. The Morgan fingerprint density at radius 2 is 1.70 bits per heavy atom. The molecule has 1 aromatic carbocycles. The molecule has 9 heteroatoms. The van der Waals surface area contributed by atoms with Crippen molar-refractivity contribution in [1.29, 1.82) is 0 Å². The van der Waals surface area contributed by atoms with Crippen LogP contribution in [0, 0.1) is 0 Å². The van der Waals surface area contributed by atoms with E-state index in [0.717, 1.165) is 12.0 Å². The van der Waals surface area contributed by atoms with Gasteiger partial charge in [-0.25, -0.2) is 4.79 Å². The Balaban J connectivity index is 3.10. The fourth-order valence-corrected chi connectivity index (χ4v) is 2.89. The van der Waals surface area contributed by atoms with E-state index < -0.39 is 35.9 Å². The van der Waals surface area contributed by atoms with Gasteiger partial charge in [-0.05, 0) is 32.8 Å². The van der Waals surface area contributed by atoms with Crippen LogP contribution in [0.15, 0.2) is 30.3 Å². The van der Waals surface area contributed by atoms with E-state index in [-0.39, 0.29) is 26.1 Å². The van der Waals surface area contributed by atoms with Gasteiger partial charge in [-0.15, -0.1) is 0 Å². The van der Waals surface area contributed by atoms with Gasteiger partial charge in [0.2, 0.25) is 5.91 Å². The molecule has 9 nitrogen and oxygen atoms in total. The number of methoxy groups -OCH3 is 2. The lowest BCUT2D eigenvalue weighted by molar-refractivity contribution is -0.152. The van der Waals surface area contributed by atoms with Crippen LogP contribution in [0.25, 0.3) is 0 Å². The maximum absolute atomic E-state index is 13.5. The summed E-state index contributed by atoms with van der Waals surface area (Å²) in [6.45, 7) is 7.71. The maximum atomic E-state index is 13.5. The summed E-state index contributed by atoms with van der Waals surface area (Å²) in [6.07, 6.45) is -0.217. The average molecular weight is 467 g/mol. The molecular formula is C24H38N2O7. The SMILES string of the molecule is CCCCOC(=O)C[C@@H](NC(=O)OC(C)(C)C)C(=O)N(Cc1ccccc1)CC(OC)OC. The molecule has 0 fully saturated rings. The Labute approximate surface area is 196 Å². The van der Waals surface area contributed by atoms with Gasteiger partial charge in [-0.3, -0.25) is 9.59 Å². The fraction of sp³-hybridized carbons (Fsp3) is 0.625. The van der Waals surface area contributed by atoms with E-state index in [0.29, 0.717) is 6.42 Å². The van der Waals surface area contributed by atoms with Crippen molar-refractivity contribution >= 4 is 18.0 Å². The number of nitrogens with one attached hydrogen (secondary N) is 1. The van der Waals surface area contributed by atoms with E-state index in [1.165, 1.54) is 19.1 Å². The van der Waals surface area contributed by atoms with Gasteiger partial charge in [0.05, 0.1) is 19.6 Å². The molecule has 1 N–H and O–H groups in total. The first-order valence-corrected chi connectivity index (χ1v) is 11.1. The van der Waals surface area contributed by atoms with Crippen LogP contribution in [0.2, 0.25) is 0 Å². The number of carbonyl (C=O) groups excluding carboxylic acids is 3. The third-order valence-corrected chi connectivity index (χ3v) is 4.54. The van der Waals surface area contributed by atoms with Crippen molar-refractivity contribution in [2.24, 2.45) is 0 Å². The predicted molar refractivity (Wildman–Crippen MR) is 123 cm³/mol. The van der Waals surface area contributed by atoms with E-state index in [4.69, 9.17) is 18.9 Å². The number of esters is 1. The zero-order valence-electron chi connectivity index (χ0n) is 20.6. The number of unbranched alkanes of at least 4 members (excludes halogenated alkanes) is 1. The Morgan fingerprint density at radius 3 is 2.24 bits per heavy atom. The summed E-state index contributed by atoms with van der Waals surface area (Å²) in [7, 11) is 2.95. The van der Waals surface area contributed by atoms with Gasteiger partial charge in [-0.1, -0.05) is 43.7 Å². The van der Waals surface area contributed by atoms with Gasteiger partial charge in [0, 0.05) is 20.8 Å². The number of ether oxygens (including phenoxy) is 4. The third kappa shape index (κ3) is 11.7. The van der Waals surface area contributed by atoms with Crippen LogP contribution in [-0.4, -0.2) is 68.2 Å². The highest BCUT2D eigenvalue weighted by atomic mass is 16.7. The molecule has 0 radical (unpaired) electrons. The first-order valence-electron chi connectivity index (χ1n) is 11.1. The van der Waals surface area contributed by atoms with Crippen LogP contribution < -0.4 is 5.32 Å². The molecule has 0 spiro atoms. The van der Waals surface area contributed by atoms with E-state index in [1.54, 1.807) is 20.8 Å². The molecule has 0 heterocycles. The van der Waals surface area contributed by atoms with Crippen molar-refractivity contribution in [2.75, 3.05) is 27.4 Å². The molecular weight excluding hydrogens is 428 g/mol. The van der Waals surface area contributed by atoms with Crippen LogP contribution in [0.1, 0.15) is 52.5 Å². The van der Waals surface area contributed by atoms with E-state index >= 15 is 0 Å². The van der Waals surface area contributed by atoms with Gasteiger partial charge in [0.1, 0.15) is 11.6 Å². The summed E-state index contributed by atoms with van der Waals surface area (Å²) in [5.41, 5.74) is 0.110. The number of hydrogen-bond donors (Lipinski definition) is 1. The van der Waals surface area contributed by atoms with Crippen LogP contribution in [0.5, 0.6) is 0 Å². The van der Waals surface area contributed by atoms with Crippen molar-refractivity contribution in [2.45, 2.75) is 71.4 Å². The van der Waals surface area contributed by atoms with E-state index in [9.17, 15) is 14.4 Å².